The zero-order valence-electron chi connectivity index (χ0n) is 20.3. The summed E-state index contributed by atoms with van der Waals surface area (Å²) in [6.45, 7) is 2.06. The fourth-order valence-corrected chi connectivity index (χ4v) is 8.53. The average molecular weight is 464 g/mol. The van der Waals surface area contributed by atoms with Gasteiger partial charge in [0, 0.05) is 17.5 Å². The summed E-state index contributed by atoms with van der Waals surface area (Å²) in [6.07, 6.45) is 8.11. The van der Waals surface area contributed by atoms with Crippen molar-refractivity contribution in [2.45, 2.75) is 69.4 Å². The third kappa shape index (κ3) is 2.50. The van der Waals surface area contributed by atoms with E-state index >= 15 is 0 Å². The minimum Gasteiger partial charge on any atom is -0.497 e. The summed E-state index contributed by atoms with van der Waals surface area (Å²) in [4.78, 5) is 30.3. The second-order valence-corrected chi connectivity index (χ2v) is 10.7. The van der Waals surface area contributed by atoms with Gasteiger partial charge in [0.2, 0.25) is 5.78 Å². The summed E-state index contributed by atoms with van der Waals surface area (Å²) in [7, 11) is 3.84. The molecular formula is C28H33NO5. The highest BCUT2D eigenvalue weighted by atomic mass is 16.5. The van der Waals surface area contributed by atoms with Crippen LogP contribution in [0.4, 0.5) is 0 Å². The molecule has 0 radical (unpaired) electrons. The lowest BCUT2D eigenvalue weighted by molar-refractivity contribution is -0.213. The number of furan rings is 1. The average Bonchev–Trinajstić information content (AvgIpc) is 3.40. The quantitative estimate of drug-likeness (QED) is 0.368. The van der Waals surface area contributed by atoms with Crippen LogP contribution in [0.5, 0.6) is 5.75 Å². The van der Waals surface area contributed by atoms with Crippen molar-refractivity contribution in [1.29, 1.82) is 0 Å². The number of carbonyl (C=O) groups is 2. The van der Waals surface area contributed by atoms with E-state index in [1.54, 1.807) is 19.2 Å². The van der Waals surface area contributed by atoms with Gasteiger partial charge in [0.15, 0.2) is 5.76 Å². The van der Waals surface area contributed by atoms with Gasteiger partial charge in [-0.1, -0.05) is 18.9 Å². The number of carbonyl (C=O) groups excluding carboxylic acids is 2. The molecule has 2 aliphatic heterocycles. The zero-order chi connectivity index (χ0) is 23.7. The first kappa shape index (κ1) is 21.9. The Kier molecular flexibility index (Phi) is 4.80. The van der Waals surface area contributed by atoms with Crippen molar-refractivity contribution in [3.63, 3.8) is 0 Å². The lowest BCUT2D eigenvalue weighted by Gasteiger charge is -2.74. The van der Waals surface area contributed by atoms with Gasteiger partial charge in [0.05, 0.1) is 20.0 Å². The molecule has 3 unspecified atom stereocenters. The monoisotopic (exact) mass is 463 g/mol. The molecule has 34 heavy (non-hydrogen) atoms. The first-order valence-corrected chi connectivity index (χ1v) is 12.6. The summed E-state index contributed by atoms with van der Waals surface area (Å²) < 4.78 is 16.9. The number of ether oxygens (including phenoxy) is 2. The highest BCUT2D eigenvalue weighted by Gasteiger charge is 2.76. The van der Waals surface area contributed by atoms with Crippen molar-refractivity contribution in [1.82, 2.24) is 4.90 Å². The van der Waals surface area contributed by atoms with Gasteiger partial charge in [0.25, 0.3) is 0 Å². The summed E-state index contributed by atoms with van der Waals surface area (Å²) in [5.74, 6) is 0.515. The molecular weight excluding hydrogens is 430 g/mol. The molecule has 4 fully saturated rings. The molecule has 2 saturated heterocycles. The number of ketones is 1. The maximum Gasteiger partial charge on any atom is 0.321 e. The molecule has 0 N–H and O–H groups in total. The number of Topliss-reactive ketones (excluding diaryl/α,β-unsaturated/α-hetero) is 1. The molecule has 180 valence electrons. The van der Waals surface area contributed by atoms with Crippen molar-refractivity contribution < 1.29 is 23.5 Å². The zero-order valence-corrected chi connectivity index (χ0v) is 20.3. The van der Waals surface area contributed by atoms with Gasteiger partial charge in [-0.2, -0.15) is 0 Å². The molecule has 2 aromatic rings. The van der Waals surface area contributed by atoms with Crippen LogP contribution in [0.2, 0.25) is 0 Å². The van der Waals surface area contributed by atoms with Gasteiger partial charge in [-0.05, 0) is 86.9 Å². The van der Waals surface area contributed by atoms with Crippen LogP contribution in [-0.4, -0.2) is 49.5 Å². The van der Waals surface area contributed by atoms with Gasteiger partial charge in [0.1, 0.15) is 11.2 Å². The van der Waals surface area contributed by atoms with Crippen molar-refractivity contribution >= 4 is 11.8 Å². The van der Waals surface area contributed by atoms with Gasteiger partial charge >= 0.3 is 5.97 Å². The third-order valence-corrected chi connectivity index (χ3v) is 9.79. The van der Waals surface area contributed by atoms with E-state index in [0.717, 1.165) is 37.9 Å². The Balaban J connectivity index is 1.57. The number of piperidine rings is 2. The van der Waals surface area contributed by atoms with Crippen LogP contribution in [0, 0.1) is 10.8 Å². The molecule has 5 atom stereocenters. The highest BCUT2D eigenvalue weighted by molar-refractivity contribution is 6.12. The van der Waals surface area contributed by atoms with E-state index in [-0.39, 0.29) is 35.0 Å². The van der Waals surface area contributed by atoms with Crippen LogP contribution in [0.1, 0.15) is 67.1 Å². The summed E-state index contributed by atoms with van der Waals surface area (Å²) in [5.41, 5.74) is 1.27. The molecule has 6 nitrogen and oxygen atoms in total. The minimum atomic E-state index is -1.25. The topological polar surface area (TPSA) is 69.0 Å². The molecule has 6 heteroatoms. The van der Waals surface area contributed by atoms with E-state index in [4.69, 9.17) is 13.9 Å². The predicted octanol–water partition coefficient (Wildman–Crippen LogP) is 4.55. The number of nitrogens with zero attached hydrogens (tertiary/aromatic N) is 1. The first-order valence-electron chi connectivity index (χ1n) is 12.6. The van der Waals surface area contributed by atoms with Gasteiger partial charge in [-0.3, -0.25) is 14.5 Å². The van der Waals surface area contributed by atoms with E-state index in [0.29, 0.717) is 12.5 Å². The van der Waals surface area contributed by atoms with Crippen molar-refractivity contribution in [3.05, 3.63) is 53.5 Å². The lowest BCUT2D eigenvalue weighted by Crippen LogP contribution is -2.80. The first-order chi connectivity index (χ1) is 16.4. The second-order valence-electron chi connectivity index (χ2n) is 10.7. The number of fused-ring (bicyclic) bond motifs is 2. The highest BCUT2D eigenvalue weighted by Crippen LogP contribution is 2.73. The molecule has 3 aliphatic carbocycles. The Morgan fingerprint density at radius 3 is 2.74 bits per heavy atom. The lowest BCUT2D eigenvalue weighted by atomic mass is 9.35. The van der Waals surface area contributed by atoms with E-state index in [2.05, 4.69) is 30.1 Å². The minimum absolute atomic E-state index is 0.0609. The molecule has 1 aromatic carbocycles. The van der Waals surface area contributed by atoms with E-state index in [1.807, 2.05) is 6.92 Å². The molecule has 0 amide bonds. The Morgan fingerprint density at radius 1 is 1.18 bits per heavy atom. The van der Waals surface area contributed by atoms with Crippen molar-refractivity contribution in [2.75, 3.05) is 20.8 Å². The van der Waals surface area contributed by atoms with Crippen LogP contribution in [0.3, 0.4) is 0 Å². The Bertz CT molecular complexity index is 1140. The Hall–Kier alpha value is -2.60. The maximum absolute atomic E-state index is 14.1. The van der Waals surface area contributed by atoms with Gasteiger partial charge in [-0.25, -0.2) is 0 Å². The van der Waals surface area contributed by atoms with Gasteiger partial charge < -0.3 is 13.9 Å². The maximum atomic E-state index is 14.1. The SMILES string of the molecule is CCOC(=O)C1(C(=O)c2ccco2)C[C@@]23CCCC[C@]24CC1N(C)C3Cc1ccc(OC)cc14. The molecule has 2 saturated carbocycles. The standard InChI is InChI=1S/C28H33NO5/c1-4-33-25(31)28(24(30)21-8-7-13-34-21)17-27-12-6-5-11-26(27)16-23(28)29(2)22(27)14-18-9-10-19(32-3)15-20(18)26/h7-10,13,15,22-23H,4-6,11-12,14,16-17H2,1-3H3/t22?,23?,26-,27-,28?/m1/s1. The molecule has 5 aliphatic rings. The van der Waals surface area contributed by atoms with Gasteiger partial charge in [-0.15, -0.1) is 0 Å². The number of benzene rings is 1. The second kappa shape index (κ2) is 7.45. The fraction of sp³-hybridized carbons (Fsp3) is 0.571. The summed E-state index contributed by atoms with van der Waals surface area (Å²) in [5, 5.41) is 0. The number of likely N-dealkylation sites (N-methyl/N-ethyl adjacent to an activating group) is 1. The van der Waals surface area contributed by atoms with Crippen LogP contribution in [0.15, 0.2) is 41.0 Å². The van der Waals surface area contributed by atoms with Crippen LogP contribution < -0.4 is 4.74 Å². The number of hydrogen-bond acceptors (Lipinski definition) is 6. The third-order valence-electron chi connectivity index (χ3n) is 9.79. The number of rotatable bonds is 5. The number of hydrogen-bond donors (Lipinski definition) is 0. The smallest absolute Gasteiger partial charge is 0.321 e. The molecule has 3 heterocycles. The van der Waals surface area contributed by atoms with Crippen LogP contribution in [0.25, 0.3) is 0 Å². The van der Waals surface area contributed by atoms with Crippen molar-refractivity contribution in [3.8, 4) is 5.75 Å². The largest absolute Gasteiger partial charge is 0.497 e. The summed E-state index contributed by atoms with van der Waals surface area (Å²) >= 11 is 0. The number of methoxy groups -OCH3 is 1. The Labute approximate surface area is 200 Å². The van der Waals surface area contributed by atoms with Crippen LogP contribution in [-0.2, 0) is 21.4 Å². The van der Waals surface area contributed by atoms with E-state index in [9.17, 15) is 9.59 Å². The number of esters is 1. The molecule has 1 aromatic heterocycles. The molecule has 7 rings (SSSR count). The van der Waals surface area contributed by atoms with E-state index in [1.165, 1.54) is 23.8 Å². The van der Waals surface area contributed by atoms with Crippen molar-refractivity contribution in [2.24, 2.45) is 10.8 Å². The Morgan fingerprint density at radius 2 is 2.00 bits per heavy atom. The normalized spacial score (nSPS) is 35.9. The van der Waals surface area contributed by atoms with Crippen LogP contribution >= 0.6 is 0 Å². The molecule has 4 bridgehead atoms. The fourth-order valence-electron chi connectivity index (χ4n) is 8.53. The van der Waals surface area contributed by atoms with E-state index < -0.39 is 11.4 Å². The summed E-state index contributed by atoms with van der Waals surface area (Å²) in [6, 6.07) is 9.97. The predicted molar refractivity (Wildman–Crippen MR) is 126 cm³/mol. The molecule has 1 spiro atoms.